The van der Waals surface area contributed by atoms with Crippen molar-refractivity contribution in [2.75, 3.05) is 6.61 Å². The van der Waals surface area contributed by atoms with Crippen molar-refractivity contribution in [2.45, 2.75) is 69.9 Å². The minimum absolute atomic E-state index is 0.0131. The van der Waals surface area contributed by atoms with Gasteiger partial charge in [0.15, 0.2) is 8.32 Å². The molecule has 6 atom stereocenters. The topological polar surface area (TPSA) is 54.0 Å². The predicted molar refractivity (Wildman–Crippen MR) is 104 cm³/mol. The Morgan fingerprint density at radius 1 is 1.11 bits per heavy atom. The monoisotopic (exact) mass is 390 g/mol. The van der Waals surface area contributed by atoms with E-state index in [4.69, 9.17) is 18.6 Å². The number of esters is 1. The van der Waals surface area contributed by atoms with Crippen molar-refractivity contribution in [3.63, 3.8) is 0 Å². The number of carbonyl (C=O) groups is 1. The van der Waals surface area contributed by atoms with Crippen LogP contribution in [0.3, 0.4) is 0 Å². The van der Waals surface area contributed by atoms with Crippen molar-refractivity contribution < 1.29 is 23.4 Å². The van der Waals surface area contributed by atoms with Crippen LogP contribution in [0.25, 0.3) is 0 Å². The first-order chi connectivity index (χ1) is 12.7. The summed E-state index contributed by atoms with van der Waals surface area (Å²) in [6.07, 6.45) is -0.710. The zero-order valence-corrected chi connectivity index (χ0v) is 17.8. The third-order valence-corrected chi connectivity index (χ3v) is 11.1. The summed E-state index contributed by atoms with van der Waals surface area (Å²) in [5.74, 6) is -0.0785. The van der Waals surface area contributed by atoms with Gasteiger partial charge < -0.3 is 18.6 Å². The lowest BCUT2D eigenvalue weighted by Gasteiger charge is -2.41. The van der Waals surface area contributed by atoms with E-state index in [0.717, 1.165) is 5.56 Å². The first-order valence-electron chi connectivity index (χ1n) is 9.84. The van der Waals surface area contributed by atoms with Crippen LogP contribution in [0.2, 0.25) is 18.1 Å². The van der Waals surface area contributed by atoms with Crippen LogP contribution in [-0.2, 0) is 30.0 Å². The summed E-state index contributed by atoms with van der Waals surface area (Å²) in [6.45, 7) is 12.1. The molecule has 1 aromatic rings. The summed E-state index contributed by atoms with van der Waals surface area (Å²) in [5.41, 5.74) is 1.10. The normalized spacial score (nSPS) is 34.9. The predicted octanol–water partition coefficient (Wildman–Crippen LogP) is 3.53. The summed E-state index contributed by atoms with van der Waals surface area (Å²) in [6, 6.07) is 10.1. The number of rotatable bonds is 6. The van der Waals surface area contributed by atoms with Crippen molar-refractivity contribution in [1.82, 2.24) is 0 Å². The summed E-state index contributed by atoms with van der Waals surface area (Å²) >= 11 is 0. The molecule has 5 nitrogen and oxygen atoms in total. The molecule has 0 spiro atoms. The van der Waals surface area contributed by atoms with Gasteiger partial charge in [0.1, 0.15) is 18.3 Å². The number of benzene rings is 1. The molecule has 2 aliphatic heterocycles. The molecule has 4 rings (SSSR count). The molecule has 2 heterocycles. The molecule has 0 radical (unpaired) electrons. The lowest BCUT2D eigenvalue weighted by molar-refractivity contribution is -0.200. The largest absolute Gasteiger partial charge is 0.459 e. The molecule has 0 unspecified atom stereocenters. The summed E-state index contributed by atoms with van der Waals surface area (Å²) in [7, 11) is -1.89. The highest BCUT2D eigenvalue weighted by Gasteiger charge is 2.72. The van der Waals surface area contributed by atoms with Crippen LogP contribution in [0.15, 0.2) is 30.3 Å². The van der Waals surface area contributed by atoms with Crippen molar-refractivity contribution in [3.05, 3.63) is 35.9 Å². The number of carbonyl (C=O) groups excluding carboxylic acids is 1. The van der Waals surface area contributed by atoms with E-state index in [0.29, 0.717) is 13.2 Å². The Morgan fingerprint density at radius 2 is 1.81 bits per heavy atom. The smallest absolute Gasteiger partial charge is 0.312 e. The Kier molecular flexibility index (Phi) is 4.74. The van der Waals surface area contributed by atoms with E-state index in [1.807, 2.05) is 30.3 Å². The van der Waals surface area contributed by atoms with Gasteiger partial charge in [0, 0.05) is 5.92 Å². The molecule has 2 saturated heterocycles. The first-order valence-corrected chi connectivity index (χ1v) is 12.8. The quantitative estimate of drug-likeness (QED) is 0.549. The van der Waals surface area contributed by atoms with Gasteiger partial charge in [-0.15, -0.1) is 0 Å². The summed E-state index contributed by atoms with van der Waals surface area (Å²) < 4.78 is 24.5. The molecule has 1 aromatic carbocycles. The summed E-state index contributed by atoms with van der Waals surface area (Å²) in [5, 5.41) is 0.135. The molecule has 0 amide bonds. The zero-order valence-electron chi connectivity index (χ0n) is 16.8. The molecule has 0 N–H and O–H groups in total. The second-order valence-electron chi connectivity index (χ2n) is 9.48. The Labute approximate surface area is 162 Å². The van der Waals surface area contributed by atoms with Crippen LogP contribution in [0.1, 0.15) is 26.3 Å². The molecule has 148 valence electrons. The maximum absolute atomic E-state index is 12.0. The number of fused-ring (bicyclic) bond motifs is 1. The minimum atomic E-state index is -1.89. The molecule has 3 fully saturated rings. The Morgan fingerprint density at radius 3 is 2.48 bits per heavy atom. The van der Waals surface area contributed by atoms with Gasteiger partial charge in [-0.3, -0.25) is 4.79 Å². The van der Waals surface area contributed by atoms with E-state index in [9.17, 15) is 4.79 Å². The van der Waals surface area contributed by atoms with Gasteiger partial charge in [0.2, 0.25) is 0 Å². The fourth-order valence-corrected chi connectivity index (χ4v) is 4.86. The summed E-state index contributed by atoms with van der Waals surface area (Å²) in [4.78, 5) is 12.0. The van der Waals surface area contributed by atoms with Gasteiger partial charge in [-0.2, -0.15) is 0 Å². The molecule has 1 aliphatic carbocycles. The van der Waals surface area contributed by atoms with Crippen LogP contribution in [0.4, 0.5) is 0 Å². The SMILES string of the molecule is CC(C)(C)[Si](C)(C)OC[C@H]1O[C@H]2[C@@H]3C(=O)O[C@@H]([C@@H]1OCc1ccccc1)[C@@H]23. The van der Waals surface area contributed by atoms with Gasteiger partial charge in [-0.05, 0) is 23.7 Å². The molecular weight excluding hydrogens is 360 g/mol. The fourth-order valence-electron chi connectivity index (χ4n) is 3.84. The highest BCUT2D eigenvalue weighted by Crippen LogP contribution is 2.57. The highest BCUT2D eigenvalue weighted by molar-refractivity contribution is 6.74. The highest BCUT2D eigenvalue weighted by atomic mass is 28.4. The lowest BCUT2D eigenvalue weighted by Crippen LogP contribution is -2.53. The van der Waals surface area contributed by atoms with Crippen molar-refractivity contribution >= 4 is 14.3 Å². The van der Waals surface area contributed by atoms with Crippen LogP contribution >= 0.6 is 0 Å². The van der Waals surface area contributed by atoms with Crippen LogP contribution in [0.5, 0.6) is 0 Å². The van der Waals surface area contributed by atoms with Gasteiger partial charge in [-0.25, -0.2) is 0 Å². The third-order valence-electron chi connectivity index (χ3n) is 6.63. The maximum atomic E-state index is 12.0. The van der Waals surface area contributed by atoms with E-state index in [2.05, 4.69) is 33.9 Å². The maximum Gasteiger partial charge on any atom is 0.312 e. The molecule has 1 saturated carbocycles. The molecule has 3 aliphatic rings. The molecule has 6 heteroatoms. The second kappa shape index (κ2) is 6.69. The third kappa shape index (κ3) is 3.48. The van der Waals surface area contributed by atoms with E-state index >= 15 is 0 Å². The van der Waals surface area contributed by atoms with Gasteiger partial charge >= 0.3 is 5.97 Å². The van der Waals surface area contributed by atoms with E-state index in [1.165, 1.54) is 0 Å². The van der Waals surface area contributed by atoms with Gasteiger partial charge in [0.05, 0.1) is 25.2 Å². The molecule has 0 bridgehead atoms. The fraction of sp³-hybridized carbons (Fsp3) is 0.667. The number of hydrogen-bond acceptors (Lipinski definition) is 5. The van der Waals surface area contributed by atoms with E-state index < -0.39 is 8.32 Å². The van der Waals surface area contributed by atoms with Crippen molar-refractivity contribution in [3.8, 4) is 0 Å². The average Bonchev–Trinajstić information content (AvgIpc) is 3.22. The van der Waals surface area contributed by atoms with E-state index in [-0.39, 0.29) is 47.3 Å². The van der Waals surface area contributed by atoms with E-state index in [1.54, 1.807) is 0 Å². The number of ether oxygens (including phenoxy) is 3. The average molecular weight is 391 g/mol. The Bertz CT molecular complexity index is 698. The molecule has 0 aromatic heterocycles. The van der Waals surface area contributed by atoms with Crippen LogP contribution in [-0.4, -0.2) is 45.3 Å². The molecular formula is C21H30O5Si. The van der Waals surface area contributed by atoms with Gasteiger partial charge in [-0.1, -0.05) is 51.1 Å². The van der Waals surface area contributed by atoms with Crippen molar-refractivity contribution in [2.24, 2.45) is 11.8 Å². The van der Waals surface area contributed by atoms with Crippen LogP contribution < -0.4 is 0 Å². The zero-order chi connectivity index (χ0) is 19.4. The Balaban J connectivity index is 1.46. The van der Waals surface area contributed by atoms with Crippen molar-refractivity contribution in [1.29, 1.82) is 0 Å². The molecule has 27 heavy (non-hydrogen) atoms. The lowest BCUT2D eigenvalue weighted by atomic mass is 10.0. The van der Waals surface area contributed by atoms with Crippen LogP contribution in [0, 0.1) is 11.8 Å². The first kappa shape index (κ1) is 19.1. The minimum Gasteiger partial charge on any atom is -0.459 e. The second-order valence-corrected chi connectivity index (χ2v) is 14.3. The number of hydrogen-bond donors (Lipinski definition) is 0. The standard InChI is InChI=1S/C21H30O5Si/c1-21(2,3)27(4,5)24-12-14-17(23-11-13-9-7-6-8-10-13)19-15-16(18(15)25-14)20(22)26-19/h6-10,14-19H,11-12H2,1-5H3/t14-,15-,16-,17-,18-,19-/m1/s1. The Hall–Kier alpha value is -1.21. The van der Waals surface area contributed by atoms with Gasteiger partial charge in [0.25, 0.3) is 0 Å².